The van der Waals surface area contributed by atoms with E-state index in [9.17, 15) is 0 Å². The van der Waals surface area contributed by atoms with Crippen LogP contribution in [0.2, 0.25) is 0 Å². The van der Waals surface area contributed by atoms with Crippen LogP contribution in [0, 0.1) is 0 Å². The van der Waals surface area contributed by atoms with Crippen molar-refractivity contribution in [1.82, 2.24) is 5.32 Å². The van der Waals surface area contributed by atoms with E-state index in [-0.39, 0.29) is 11.6 Å². The SMILES string of the molecule is CC(C)OCc1ccc(CNC(C)(C)C)cc1Br. The van der Waals surface area contributed by atoms with E-state index in [2.05, 4.69) is 74.1 Å². The number of hydrogen-bond donors (Lipinski definition) is 1. The van der Waals surface area contributed by atoms with Gasteiger partial charge >= 0.3 is 0 Å². The third kappa shape index (κ3) is 5.98. The predicted octanol–water partition coefficient (Wildman–Crippen LogP) is 4.26. The van der Waals surface area contributed by atoms with E-state index in [4.69, 9.17) is 4.74 Å². The van der Waals surface area contributed by atoms with Gasteiger partial charge in [0.1, 0.15) is 0 Å². The molecule has 0 aliphatic rings. The summed E-state index contributed by atoms with van der Waals surface area (Å²) >= 11 is 3.61. The Labute approximate surface area is 119 Å². The van der Waals surface area contributed by atoms with Gasteiger partial charge in [-0.1, -0.05) is 28.1 Å². The lowest BCUT2D eigenvalue weighted by Gasteiger charge is -2.21. The number of nitrogens with one attached hydrogen (secondary N) is 1. The van der Waals surface area contributed by atoms with Crippen LogP contribution < -0.4 is 5.32 Å². The van der Waals surface area contributed by atoms with Crippen LogP contribution in [0.1, 0.15) is 45.7 Å². The van der Waals surface area contributed by atoms with Gasteiger partial charge < -0.3 is 10.1 Å². The Balaban J connectivity index is 2.62. The lowest BCUT2D eigenvalue weighted by Crippen LogP contribution is -2.35. The molecule has 102 valence electrons. The molecular weight excluding hydrogens is 290 g/mol. The first-order valence-electron chi connectivity index (χ1n) is 6.42. The van der Waals surface area contributed by atoms with E-state index in [1.165, 1.54) is 11.1 Å². The van der Waals surface area contributed by atoms with Gasteiger partial charge in [-0.25, -0.2) is 0 Å². The smallest absolute Gasteiger partial charge is 0.0731 e. The summed E-state index contributed by atoms with van der Waals surface area (Å²) in [5.41, 5.74) is 2.62. The molecule has 0 spiro atoms. The number of rotatable bonds is 5. The van der Waals surface area contributed by atoms with Crippen LogP contribution in [0.5, 0.6) is 0 Å². The normalized spacial score (nSPS) is 12.2. The largest absolute Gasteiger partial charge is 0.374 e. The molecule has 1 rings (SSSR count). The number of benzene rings is 1. The van der Waals surface area contributed by atoms with Crippen LogP contribution >= 0.6 is 15.9 Å². The van der Waals surface area contributed by atoms with Crippen molar-refractivity contribution in [2.45, 2.75) is 59.4 Å². The van der Waals surface area contributed by atoms with Crippen LogP contribution in [0.15, 0.2) is 22.7 Å². The Hall–Kier alpha value is -0.380. The Kier molecular flexibility index (Phi) is 5.83. The van der Waals surface area contributed by atoms with Crippen LogP contribution in [-0.4, -0.2) is 11.6 Å². The molecule has 1 N–H and O–H groups in total. The first-order valence-corrected chi connectivity index (χ1v) is 7.21. The zero-order valence-electron chi connectivity index (χ0n) is 12.0. The van der Waals surface area contributed by atoms with Gasteiger partial charge in [-0.05, 0) is 51.8 Å². The average Bonchev–Trinajstić information content (AvgIpc) is 2.24. The average molecular weight is 314 g/mol. The number of hydrogen-bond acceptors (Lipinski definition) is 2. The lowest BCUT2D eigenvalue weighted by atomic mass is 10.1. The summed E-state index contributed by atoms with van der Waals surface area (Å²) < 4.78 is 6.74. The molecule has 2 nitrogen and oxygen atoms in total. The Morgan fingerprint density at radius 2 is 1.94 bits per heavy atom. The summed E-state index contributed by atoms with van der Waals surface area (Å²) in [5.74, 6) is 0. The zero-order valence-corrected chi connectivity index (χ0v) is 13.6. The fourth-order valence-electron chi connectivity index (χ4n) is 1.44. The molecule has 3 heteroatoms. The quantitative estimate of drug-likeness (QED) is 0.877. The highest BCUT2D eigenvalue weighted by Crippen LogP contribution is 2.20. The molecule has 0 aliphatic carbocycles. The molecule has 0 saturated heterocycles. The molecule has 0 heterocycles. The van der Waals surface area contributed by atoms with Crippen molar-refractivity contribution in [3.05, 3.63) is 33.8 Å². The third-order valence-corrected chi connectivity index (χ3v) is 3.25. The standard InChI is InChI=1S/C15H24BrNO/c1-11(2)18-10-13-7-6-12(8-14(13)16)9-17-15(3,4)5/h6-8,11,17H,9-10H2,1-5H3. The Morgan fingerprint density at radius 1 is 1.28 bits per heavy atom. The topological polar surface area (TPSA) is 21.3 Å². The fourth-order valence-corrected chi connectivity index (χ4v) is 1.98. The first kappa shape index (κ1) is 15.7. The van der Waals surface area contributed by atoms with Crippen LogP contribution in [0.3, 0.4) is 0 Å². The molecule has 0 aliphatic heterocycles. The Morgan fingerprint density at radius 3 is 2.44 bits per heavy atom. The molecule has 0 bridgehead atoms. The van der Waals surface area contributed by atoms with E-state index >= 15 is 0 Å². The second-order valence-corrected chi connectivity index (χ2v) is 6.74. The summed E-state index contributed by atoms with van der Waals surface area (Å²) in [4.78, 5) is 0. The maximum Gasteiger partial charge on any atom is 0.0731 e. The minimum atomic E-state index is 0.145. The van der Waals surface area contributed by atoms with E-state index in [1.54, 1.807) is 0 Å². The van der Waals surface area contributed by atoms with Crippen molar-refractivity contribution in [1.29, 1.82) is 0 Å². The van der Waals surface area contributed by atoms with Gasteiger partial charge in [-0.3, -0.25) is 0 Å². The van der Waals surface area contributed by atoms with E-state index in [0.717, 1.165) is 11.0 Å². The molecule has 18 heavy (non-hydrogen) atoms. The third-order valence-electron chi connectivity index (χ3n) is 2.51. The van der Waals surface area contributed by atoms with E-state index in [1.807, 2.05) is 0 Å². The Bertz CT molecular complexity index is 383. The van der Waals surface area contributed by atoms with Crippen molar-refractivity contribution in [2.75, 3.05) is 0 Å². The molecule has 1 aromatic carbocycles. The molecule has 0 amide bonds. The van der Waals surface area contributed by atoms with E-state index in [0.29, 0.717) is 6.61 Å². The van der Waals surface area contributed by atoms with Crippen molar-refractivity contribution in [3.63, 3.8) is 0 Å². The molecule has 0 aromatic heterocycles. The van der Waals surface area contributed by atoms with Crippen molar-refractivity contribution >= 4 is 15.9 Å². The highest BCUT2D eigenvalue weighted by Gasteiger charge is 2.09. The lowest BCUT2D eigenvalue weighted by molar-refractivity contribution is 0.0653. The van der Waals surface area contributed by atoms with Crippen molar-refractivity contribution < 1.29 is 4.74 Å². The number of ether oxygens (including phenoxy) is 1. The van der Waals surface area contributed by atoms with Gasteiger partial charge in [0.2, 0.25) is 0 Å². The molecule has 0 fully saturated rings. The molecule has 0 atom stereocenters. The van der Waals surface area contributed by atoms with Gasteiger partial charge in [-0.2, -0.15) is 0 Å². The molecule has 1 aromatic rings. The molecule has 0 radical (unpaired) electrons. The zero-order chi connectivity index (χ0) is 13.8. The summed E-state index contributed by atoms with van der Waals surface area (Å²) in [6.07, 6.45) is 0.263. The van der Waals surface area contributed by atoms with Crippen LogP contribution in [0.4, 0.5) is 0 Å². The maximum absolute atomic E-state index is 5.62. The molecule has 0 saturated carbocycles. The van der Waals surface area contributed by atoms with Gasteiger partial charge in [0.05, 0.1) is 12.7 Å². The minimum Gasteiger partial charge on any atom is -0.374 e. The van der Waals surface area contributed by atoms with Crippen molar-refractivity contribution in [2.24, 2.45) is 0 Å². The van der Waals surface area contributed by atoms with Gasteiger partial charge in [0.25, 0.3) is 0 Å². The van der Waals surface area contributed by atoms with Crippen LogP contribution in [0.25, 0.3) is 0 Å². The summed E-state index contributed by atoms with van der Waals surface area (Å²) in [5, 5.41) is 3.48. The highest BCUT2D eigenvalue weighted by atomic mass is 79.9. The fraction of sp³-hybridized carbons (Fsp3) is 0.600. The number of halogens is 1. The second-order valence-electron chi connectivity index (χ2n) is 5.89. The summed E-state index contributed by atoms with van der Waals surface area (Å²) in [7, 11) is 0. The summed E-state index contributed by atoms with van der Waals surface area (Å²) in [6.45, 7) is 12.2. The van der Waals surface area contributed by atoms with E-state index < -0.39 is 0 Å². The predicted molar refractivity (Wildman–Crippen MR) is 80.7 cm³/mol. The van der Waals surface area contributed by atoms with Gasteiger partial charge in [0, 0.05) is 16.6 Å². The minimum absolute atomic E-state index is 0.145. The summed E-state index contributed by atoms with van der Waals surface area (Å²) in [6, 6.07) is 6.45. The van der Waals surface area contributed by atoms with Gasteiger partial charge in [0.15, 0.2) is 0 Å². The van der Waals surface area contributed by atoms with Gasteiger partial charge in [-0.15, -0.1) is 0 Å². The van der Waals surface area contributed by atoms with Crippen LogP contribution in [-0.2, 0) is 17.9 Å². The molecular formula is C15H24BrNO. The monoisotopic (exact) mass is 313 g/mol. The first-order chi connectivity index (χ1) is 8.28. The maximum atomic E-state index is 5.62. The second kappa shape index (κ2) is 6.69. The molecule has 0 unspecified atom stereocenters. The highest BCUT2D eigenvalue weighted by molar-refractivity contribution is 9.10. The van der Waals surface area contributed by atoms with Crippen molar-refractivity contribution in [3.8, 4) is 0 Å².